The van der Waals surface area contributed by atoms with E-state index < -0.39 is 0 Å². The summed E-state index contributed by atoms with van der Waals surface area (Å²) < 4.78 is 1.84. The molecule has 0 bridgehead atoms. The molecule has 0 aliphatic carbocycles. The van der Waals surface area contributed by atoms with Crippen LogP contribution in [0.3, 0.4) is 0 Å². The van der Waals surface area contributed by atoms with E-state index in [-0.39, 0.29) is 11.9 Å². The summed E-state index contributed by atoms with van der Waals surface area (Å²) in [6, 6.07) is 10.4. The van der Waals surface area contributed by atoms with Gasteiger partial charge < -0.3 is 0 Å². The van der Waals surface area contributed by atoms with E-state index in [1.54, 1.807) is 11.9 Å². The summed E-state index contributed by atoms with van der Waals surface area (Å²) in [6.07, 6.45) is 0.688. The van der Waals surface area contributed by atoms with Crippen LogP contribution < -0.4 is 4.90 Å². The number of aliphatic imine (C=N–C) groups is 1. The molecule has 0 saturated carbocycles. The first-order valence-corrected chi connectivity index (χ1v) is 8.70. The number of hydrogen-bond donors (Lipinski definition) is 0. The van der Waals surface area contributed by atoms with E-state index in [1.165, 1.54) is 5.56 Å². The van der Waals surface area contributed by atoms with E-state index in [9.17, 15) is 4.79 Å². The Morgan fingerprint density at radius 1 is 1.20 bits per heavy atom. The van der Waals surface area contributed by atoms with Crippen LogP contribution in [-0.4, -0.2) is 46.2 Å². The fraction of sp³-hybridized carbons (Fsp3) is 0.421. The van der Waals surface area contributed by atoms with Crippen molar-refractivity contribution in [2.24, 2.45) is 18.0 Å². The molecule has 25 heavy (non-hydrogen) atoms. The highest BCUT2D eigenvalue weighted by Crippen LogP contribution is 2.34. The zero-order valence-corrected chi connectivity index (χ0v) is 15.1. The number of aromatic nitrogens is 2. The van der Waals surface area contributed by atoms with Crippen molar-refractivity contribution in [2.45, 2.75) is 26.3 Å². The number of aryl methyl sites for hydroxylation is 1. The van der Waals surface area contributed by atoms with Crippen LogP contribution in [0.25, 0.3) is 0 Å². The summed E-state index contributed by atoms with van der Waals surface area (Å²) in [6.45, 7) is 5.10. The van der Waals surface area contributed by atoms with E-state index in [1.807, 2.05) is 29.9 Å². The molecule has 6 nitrogen and oxygen atoms in total. The van der Waals surface area contributed by atoms with E-state index in [0.29, 0.717) is 17.9 Å². The molecule has 0 spiro atoms. The first kappa shape index (κ1) is 15.9. The standard InChI is InChI=1S/C19H23N5O/c1-12(2)14-11-24-17-16(18(25)22(3)19(24)20-14)15(23(4)21-17)10-13-8-6-5-7-9-13/h5-9,12,14H,10-11H2,1-4H3. The number of benzene rings is 1. The molecule has 2 aliphatic rings. The van der Waals surface area contributed by atoms with Crippen molar-refractivity contribution in [3.8, 4) is 0 Å². The fourth-order valence-electron chi connectivity index (χ4n) is 3.54. The lowest BCUT2D eigenvalue weighted by Gasteiger charge is -2.30. The van der Waals surface area contributed by atoms with E-state index >= 15 is 0 Å². The van der Waals surface area contributed by atoms with Gasteiger partial charge in [0.05, 0.1) is 18.3 Å². The molecular weight excluding hydrogens is 314 g/mol. The fourth-order valence-corrected chi connectivity index (χ4v) is 3.54. The molecule has 1 unspecified atom stereocenters. The summed E-state index contributed by atoms with van der Waals surface area (Å²) in [5.41, 5.74) is 2.83. The first-order valence-electron chi connectivity index (χ1n) is 8.70. The number of anilines is 1. The molecule has 4 rings (SSSR count). The molecule has 6 heteroatoms. The second kappa shape index (κ2) is 5.72. The number of guanidine groups is 1. The van der Waals surface area contributed by atoms with E-state index in [0.717, 1.165) is 24.0 Å². The van der Waals surface area contributed by atoms with Crippen molar-refractivity contribution >= 4 is 17.7 Å². The van der Waals surface area contributed by atoms with E-state index in [4.69, 9.17) is 4.99 Å². The molecule has 2 aromatic rings. The van der Waals surface area contributed by atoms with Crippen molar-refractivity contribution in [1.29, 1.82) is 0 Å². The molecular formula is C19H23N5O. The van der Waals surface area contributed by atoms with Gasteiger partial charge >= 0.3 is 0 Å². The normalized spacial score (nSPS) is 19.3. The summed E-state index contributed by atoms with van der Waals surface area (Å²) in [4.78, 5) is 21.5. The van der Waals surface area contributed by atoms with Gasteiger partial charge in [-0.05, 0) is 11.5 Å². The number of nitrogens with zero attached hydrogens (tertiary/aromatic N) is 5. The van der Waals surface area contributed by atoms with Crippen LogP contribution in [-0.2, 0) is 13.5 Å². The molecule has 1 aromatic heterocycles. The van der Waals surface area contributed by atoms with Crippen LogP contribution in [0.2, 0.25) is 0 Å². The van der Waals surface area contributed by atoms with Crippen molar-refractivity contribution in [3.63, 3.8) is 0 Å². The summed E-state index contributed by atoms with van der Waals surface area (Å²) in [5.74, 6) is 1.88. The van der Waals surface area contributed by atoms with Crippen LogP contribution in [0.1, 0.15) is 35.5 Å². The predicted octanol–water partition coefficient (Wildman–Crippen LogP) is 2.30. The second-order valence-corrected chi connectivity index (χ2v) is 7.15. The van der Waals surface area contributed by atoms with E-state index in [2.05, 4.69) is 36.0 Å². The zero-order valence-electron chi connectivity index (χ0n) is 15.1. The molecule has 0 radical (unpaired) electrons. The minimum absolute atomic E-state index is 0.0200. The molecule has 0 fully saturated rings. The monoisotopic (exact) mass is 337 g/mol. The number of fused-ring (bicyclic) bond motifs is 3. The van der Waals surface area contributed by atoms with Gasteiger partial charge in [0, 0.05) is 20.5 Å². The minimum Gasteiger partial charge on any atom is -0.292 e. The Bertz CT molecular complexity index is 852. The maximum Gasteiger partial charge on any atom is 0.266 e. The molecule has 3 heterocycles. The maximum absolute atomic E-state index is 13.0. The number of rotatable bonds is 3. The summed E-state index contributed by atoms with van der Waals surface area (Å²) >= 11 is 0. The minimum atomic E-state index is -0.0200. The van der Waals surface area contributed by atoms with Crippen LogP contribution >= 0.6 is 0 Å². The van der Waals surface area contributed by atoms with Crippen molar-refractivity contribution < 1.29 is 4.79 Å². The highest BCUT2D eigenvalue weighted by atomic mass is 16.2. The van der Waals surface area contributed by atoms with Crippen LogP contribution in [0.5, 0.6) is 0 Å². The third-order valence-electron chi connectivity index (χ3n) is 5.10. The van der Waals surface area contributed by atoms with Crippen molar-refractivity contribution in [3.05, 3.63) is 47.2 Å². The SMILES string of the molecule is CC(C)C1CN2C(=N1)N(C)C(=O)c1c2nn(C)c1Cc1ccccc1. The third-order valence-corrected chi connectivity index (χ3v) is 5.10. The van der Waals surface area contributed by atoms with Gasteiger partial charge in [-0.15, -0.1) is 0 Å². The largest absolute Gasteiger partial charge is 0.292 e. The average molecular weight is 337 g/mol. The van der Waals surface area contributed by atoms with Crippen LogP contribution in [0.15, 0.2) is 35.3 Å². The average Bonchev–Trinajstić information content (AvgIpc) is 3.17. The van der Waals surface area contributed by atoms with Crippen molar-refractivity contribution in [1.82, 2.24) is 14.7 Å². The highest BCUT2D eigenvalue weighted by molar-refractivity contribution is 6.19. The van der Waals surface area contributed by atoms with Gasteiger partial charge in [-0.2, -0.15) is 5.10 Å². The van der Waals surface area contributed by atoms with Gasteiger partial charge in [0.1, 0.15) is 5.56 Å². The van der Waals surface area contributed by atoms with Crippen LogP contribution in [0, 0.1) is 5.92 Å². The van der Waals surface area contributed by atoms with Gasteiger partial charge in [0.2, 0.25) is 5.96 Å². The molecule has 130 valence electrons. The molecule has 1 atom stereocenters. The lowest BCUT2D eigenvalue weighted by Crippen LogP contribution is -2.48. The number of carbonyl (C=O) groups excluding carboxylic acids is 1. The summed E-state index contributed by atoms with van der Waals surface area (Å²) in [5, 5.41) is 4.68. The second-order valence-electron chi connectivity index (χ2n) is 7.15. The lowest BCUT2D eigenvalue weighted by molar-refractivity contribution is 0.0864. The Labute approximate surface area is 147 Å². The van der Waals surface area contributed by atoms with Crippen LogP contribution in [0.4, 0.5) is 5.82 Å². The Balaban J connectivity index is 1.78. The number of hydrogen-bond acceptors (Lipinski definition) is 4. The molecule has 2 aliphatic heterocycles. The molecule has 1 aromatic carbocycles. The molecule has 0 saturated heterocycles. The Kier molecular flexibility index (Phi) is 3.63. The highest BCUT2D eigenvalue weighted by Gasteiger charge is 2.42. The first-order chi connectivity index (χ1) is 12.0. The van der Waals surface area contributed by atoms with Gasteiger partial charge in [-0.1, -0.05) is 44.2 Å². The molecule has 0 N–H and O–H groups in total. The smallest absolute Gasteiger partial charge is 0.266 e. The third kappa shape index (κ3) is 2.44. The van der Waals surface area contributed by atoms with Gasteiger partial charge in [-0.3, -0.25) is 19.3 Å². The number of carbonyl (C=O) groups is 1. The Morgan fingerprint density at radius 3 is 2.60 bits per heavy atom. The quantitative estimate of drug-likeness (QED) is 0.863. The lowest BCUT2D eigenvalue weighted by atomic mass is 10.0. The zero-order chi connectivity index (χ0) is 17.7. The van der Waals surface area contributed by atoms with Gasteiger partial charge in [0.25, 0.3) is 5.91 Å². The Hall–Kier alpha value is -2.63. The number of amides is 1. The van der Waals surface area contributed by atoms with Gasteiger partial charge in [0.15, 0.2) is 5.82 Å². The summed E-state index contributed by atoms with van der Waals surface area (Å²) in [7, 11) is 3.72. The van der Waals surface area contributed by atoms with Crippen molar-refractivity contribution in [2.75, 3.05) is 18.5 Å². The Morgan fingerprint density at radius 2 is 1.92 bits per heavy atom. The predicted molar refractivity (Wildman–Crippen MR) is 98.0 cm³/mol. The topological polar surface area (TPSA) is 53.7 Å². The van der Waals surface area contributed by atoms with Gasteiger partial charge in [-0.25, -0.2) is 4.99 Å². The maximum atomic E-state index is 13.0. The molecule has 1 amide bonds.